The zero-order chi connectivity index (χ0) is 16.8. The number of unbranched alkanes of at least 4 members (excludes halogenated alkanes) is 3. The predicted molar refractivity (Wildman–Crippen MR) is 97.5 cm³/mol. The summed E-state index contributed by atoms with van der Waals surface area (Å²) in [6, 6.07) is 0. The van der Waals surface area contributed by atoms with E-state index in [0.29, 0.717) is 0 Å². The third-order valence-corrected chi connectivity index (χ3v) is 6.21. The highest BCUT2D eigenvalue weighted by molar-refractivity contribution is 8.00. The smallest absolute Gasteiger partial charge is 0.261 e. The molecule has 6 heteroatoms. The fourth-order valence-corrected chi connectivity index (χ4v) is 4.46. The van der Waals surface area contributed by atoms with Gasteiger partial charge in [-0.3, -0.25) is 4.79 Å². The second-order valence-electron chi connectivity index (χ2n) is 5.58. The number of amides is 1. The number of hydrogen-bond donors (Lipinski definition) is 1. The van der Waals surface area contributed by atoms with Crippen LogP contribution >= 0.6 is 23.1 Å². The molecule has 2 heterocycles. The maximum absolute atomic E-state index is 12.5. The van der Waals surface area contributed by atoms with Crippen LogP contribution < -0.4 is 5.32 Å². The molecule has 0 aliphatic heterocycles. The van der Waals surface area contributed by atoms with Crippen molar-refractivity contribution in [3.05, 3.63) is 22.2 Å². The van der Waals surface area contributed by atoms with E-state index in [4.69, 9.17) is 4.52 Å². The normalized spacial score (nSPS) is 11.0. The zero-order valence-electron chi connectivity index (χ0n) is 14.2. The summed E-state index contributed by atoms with van der Waals surface area (Å²) in [6.45, 7) is 6.88. The topological polar surface area (TPSA) is 55.1 Å². The SMILES string of the molecule is CCCCCCNC(=O)c1sc(SC)c(-c2oncc2C)c1C. The lowest BCUT2D eigenvalue weighted by Gasteiger charge is -2.04. The molecular formula is C17H24N2O2S2. The van der Waals surface area contributed by atoms with Crippen molar-refractivity contribution < 1.29 is 9.32 Å². The Morgan fingerprint density at radius 3 is 2.74 bits per heavy atom. The zero-order valence-corrected chi connectivity index (χ0v) is 15.8. The molecule has 0 saturated carbocycles. The molecule has 0 unspecified atom stereocenters. The Hall–Kier alpha value is -1.27. The molecule has 0 saturated heterocycles. The highest BCUT2D eigenvalue weighted by Gasteiger charge is 2.23. The average molecular weight is 353 g/mol. The van der Waals surface area contributed by atoms with Crippen molar-refractivity contribution in [1.82, 2.24) is 10.5 Å². The molecular weight excluding hydrogens is 328 g/mol. The molecule has 0 aromatic carbocycles. The number of carbonyl (C=O) groups is 1. The molecule has 0 spiro atoms. The molecule has 0 bridgehead atoms. The fraction of sp³-hybridized carbons (Fsp3) is 0.529. The summed E-state index contributed by atoms with van der Waals surface area (Å²) in [7, 11) is 0. The lowest BCUT2D eigenvalue weighted by atomic mass is 10.1. The Kier molecular flexibility index (Phi) is 6.72. The van der Waals surface area contributed by atoms with Crippen LogP contribution in [0.2, 0.25) is 0 Å². The summed E-state index contributed by atoms with van der Waals surface area (Å²) in [5, 5.41) is 6.91. The maximum atomic E-state index is 12.5. The van der Waals surface area contributed by atoms with E-state index < -0.39 is 0 Å². The average Bonchev–Trinajstić information content (AvgIpc) is 3.09. The summed E-state index contributed by atoms with van der Waals surface area (Å²) in [5.74, 6) is 0.785. The van der Waals surface area contributed by atoms with Gasteiger partial charge in [0.05, 0.1) is 15.3 Å². The first-order valence-corrected chi connectivity index (χ1v) is 10.0. The van der Waals surface area contributed by atoms with Crippen LogP contribution in [-0.4, -0.2) is 23.9 Å². The van der Waals surface area contributed by atoms with Gasteiger partial charge in [-0.15, -0.1) is 23.1 Å². The Labute approximate surface area is 146 Å². The number of nitrogens with zero attached hydrogens (tertiary/aromatic N) is 1. The summed E-state index contributed by atoms with van der Waals surface area (Å²) in [6.07, 6.45) is 8.36. The van der Waals surface area contributed by atoms with Crippen LogP contribution in [-0.2, 0) is 0 Å². The van der Waals surface area contributed by atoms with E-state index in [1.165, 1.54) is 30.6 Å². The Morgan fingerprint density at radius 2 is 2.13 bits per heavy atom. The van der Waals surface area contributed by atoms with Crippen molar-refractivity contribution in [2.45, 2.75) is 50.7 Å². The second kappa shape index (κ2) is 8.55. The van der Waals surface area contributed by atoms with E-state index in [-0.39, 0.29) is 5.91 Å². The number of thiophene rings is 1. The standard InChI is InChI=1S/C17H24N2O2S2/c1-5-6-7-8-9-18-16(20)15-12(3)13(17(22-4)23-15)14-11(2)10-19-21-14/h10H,5-9H2,1-4H3,(H,18,20). The Bertz CT molecular complexity index is 662. The lowest BCUT2D eigenvalue weighted by Crippen LogP contribution is -2.24. The van der Waals surface area contributed by atoms with E-state index in [1.807, 2.05) is 20.1 Å². The molecule has 2 aromatic heterocycles. The molecule has 1 amide bonds. The predicted octanol–water partition coefficient (Wildman–Crippen LogP) is 5.05. The Morgan fingerprint density at radius 1 is 1.35 bits per heavy atom. The molecule has 1 N–H and O–H groups in total. The molecule has 4 nitrogen and oxygen atoms in total. The fourth-order valence-electron chi connectivity index (χ4n) is 2.48. The number of carbonyl (C=O) groups excluding carboxylic acids is 1. The summed E-state index contributed by atoms with van der Waals surface area (Å²) in [5.41, 5.74) is 2.98. The van der Waals surface area contributed by atoms with E-state index in [0.717, 1.165) is 44.5 Å². The van der Waals surface area contributed by atoms with Crippen molar-refractivity contribution in [2.24, 2.45) is 0 Å². The largest absolute Gasteiger partial charge is 0.356 e. The molecule has 0 atom stereocenters. The molecule has 2 aromatic rings. The molecule has 0 radical (unpaired) electrons. The van der Waals surface area contributed by atoms with Gasteiger partial charge in [-0.2, -0.15) is 0 Å². The highest BCUT2D eigenvalue weighted by atomic mass is 32.2. The van der Waals surface area contributed by atoms with E-state index >= 15 is 0 Å². The molecule has 23 heavy (non-hydrogen) atoms. The van der Waals surface area contributed by atoms with Crippen LogP contribution in [0.15, 0.2) is 14.9 Å². The molecule has 0 aliphatic carbocycles. The van der Waals surface area contributed by atoms with Crippen LogP contribution in [0.25, 0.3) is 11.3 Å². The van der Waals surface area contributed by atoms with Crippen LogP contribution in [0.3, 0.4) is 0 Å². The van der Waals surface area contributed by atoms with Gasteiger partial charge in [0.15, 0.2) is 5.76 Å². The number of aryl methyl sites for hydroxylation is 1. The van der Waals surface area contributed by atoms with Crippen molar-refractivity contribution in [3.63, 3.8) is 0 Å². The minimum absolute atomic E-state index is 0.0164. The summed E-state index contributed by atoms with van der Waals surface area (Å²) >= 11 is 3.17. The third-order valence-electron chi connectivity index (χ3n) is 3.80. The van der Waals surface area contributed by atoms with Crippen molar-refractivity contribution >= 4 is 29.0 Å². The second-order valence-corrected chi connectivity index (χ2v) is 7.67. The number of aromatic nitrogens is 1. The highest BCUT2D eigenvalue weighted by Crippen LogP contribution is 2.42. The van der Waals surface area contributed by atoms with Gasteiger partial charge in [0.25, 0.3) is 5.91 Å². The minimum Gasteiger partial charge on any atom is -0.356 e. The van der Waals surface area contributed by atoms with Gasteiger partial charge < -0.3 is 9.84 Å². The van der Waals surface area contributed by atoms with Crippen LogP contribution in [0.5, 0.6) is 0 Å². The van der Waals surface area contributed by atoms with E-state index in [2.05, 4.69) is 17.4 Å². The quantitative estimate of drug-likeness (QED) is 0.533. The van der Waals surface area contributed by atoms with Gasteiger partial charge in [0, 0.05) is 17.7 Å². The van der Waals surface area contributed by atoms with E-state index in [1.54, 1.807) is 18.0 Å². The van der Waals surface area contributed by atoms with Gasteiger partial charge in [-0.25, -0.2) is 0 Å². The molecule has 0 aliphatic rings. The minimum atomic E-state index is 0.0164. The summed E-state index contributed by atoms with van der Waals surface area (Å²) in [4.78, 5) is 13.3. The monoisotopic (exact) mass is 352 g/mol. The first-order valence-electron chi connectivity index (χ1n) is 7.97. The van der Waals surface area contributed by atoms with Crippen LogP contribution in [0.4, 0.5) is 0 Å². The first-order chi connectivity index (χ1) is 11.1. The van der Waals surface area contributed by atoms with Crippen molar-refractivity contribution in [1.29, 1.82) is 0 Å². The van der Waals surface area contributed by atoms with Gasteiger partial charge >= 0.3 is 0 Å². The van der Waals surface area contributed by atoms with Crippen LogP contribution in [0.1, 0.15) is 53.4 Å². The first kappa shape index (κ1) is 18.1. The third kappa shape index (κ3) is 4.18. The number of rotatable bonds is 8. The van der Waals surface area contributed by atoms with Crippen molar-refractivity contribution in [2.75, 3.05) is 12.8 Å². The summed E-state index contributed by atoms with van der Waals surface area (Å²) < 4.78 is 6.50. The van der Waals surface area contributed by atoms with Gasteiger partial charge in [-0.05, 0) is 32.1 Å². The van der Waals surface area contributed by atoms with Gasteiger partial charge in [0.1, 0.15) is 0 Å². The molecule has 126 valence electrons. The number of nitrogens with one attached hydrogen (secondary N) is 1. The molecule has 0 fully saturated rings. The van der Waals surface area contributed by atoms with Crippen LogP contribution in [0, 0.1) is 13.8 Å². The van der Waals surface area contributed by atoms with Gasteiger partial charge in [0.2, 0.25) is 0 Å². The maximum Gasteiger partial charge on any atom is 0.261 e. The van der Waals surface area contributed by atoms with Gasteiger partial charge in [-0.1, -0.05) is 31.3 Å². The van der Waals surface area contributed by atoms with Crippen molar-refractivity contribution in [3.8, 4) is 11.3 Å². The van der Waals surface area contributed by atoms with E-state index in [9.17, 15) is 4.79 Å². The lowest BCUT2D eigenvalue weighted by molar-refractivity contribution is 0.0956. The number of hydrogen-bond acceptors (Lipinski definition) is 5. The number of thioether (sulfide) groups is 1. The Balaban J connectivity index is 2.16. The molecule has 2 rings (SSSR count).